The second-order valence-corrected chi connectivity index (χ2v) is 6.05. The Kier molecular flexibility index (Phi) is 4.55. The van der Waals surface area contributed by atoms with Gasteiger partial charge in [0.1, 0.15) is 11.5 Å². The maximum atomic E-state index is 11.2. The van der Waals surface area contributed by atoms with Crippen molar-refractivity contribution < 1.29 is 14.9 Å². The van der Waals surface area contributed by atoms with E-state index in [0.29, 0.717) is 5.75 Å². The van der Waals surface area contributed by atoms with Gasteiger partial charge in [-0.15, -0.1) is 0 Å². The van der Waals surface area contributed by atoms with Crippen LogP contribution in [0.5, 0.6) is 11.5 Å². The summed E-state index contributed by atoms with van der Waals surface area (Å²) in [7, 11) is 5.62. The summed E-state index contributed by atoms with van der Waals surface area (Å²) in [4.78, 5) is 2.11. The number of hydrogen-bond acceptors (Lipinski definition) is 4. The molecule has 1 aliphatic rings. The first-order chi connectivity index (χ1) is 9.45. The molecule has 0 bridgehead atoms. The Balaban J connectivity index is 2.37. The highest BCUT2D eigenvalue weighted by molar-refractivity contribution is 5.40. The normalized spacial score (nSPS) is 26.8. The van der Waals surface area contributed by atoms with E-state index in [-0.39, 0.29) is 11.7 Å². The van der Waals surface area contributed by atoms with Crippen molar-refractivity contribution in [3.63, 3.8) is 0 Å². The first-order valence-corrected chi connectivity index (χ1v) is 7.21. The van der Waals surface area contributed by atoms with Crippen LogP contribution < -0.4 is 4.74 Å². The van der Waals surface area contributed by atoms with Crippen molar-refractivity contribution in [2.24, 2.45) is 5.92 Å². The third kappa shape index (κ3) is 3.07. The molecule has 0 unspecified atom stereocenters. The van der Waals surface area contributed by atoms with Gasteiger partial charge in [-0.1, -0.05) is 12.8 Å². The Bertz CT molecular complexity index is 461. The standard InChI is InChI=1S/C16H25NO3/c1-17(2)11-12-6-4-5-7-16(12,19)13-8-14(18)10-15(9-13)20-3/h8-10,12,18-19H,4-7,11H2,1-3H3/t12-,16-/m1/s1. The van der Waals surface area contributed by atoms with Gasteiger partial charge in [0, 0.05) is 18.5 Å². The van der Waals surface area contributed by atoms with Crippen LogP contribution in [-0.2, 0) is 5.60 Å². The van der Waals surface area contributed by atoms with Crippen LogP contribution in [0.15, 0.2) is 18.2 Å². The maximum absolute atomic E-state index is 11.2. The molecule has 0 amide bonds. The van der Waals surface area contributed by atoms with Crippen LogP contribution in [0.2, 0.25) is 0 Å². The quantitative estimate of drug-likeness (QED) is 0.888. The van der Waals surface area contributed by atoms with Gasteiger partial charge in [0.15, 0.2) is 0 Å². The predicted molar refractivity (Wildman–Crippen MR) is 79.1 cm³/mol. The zero-order valence-corrected chi connectivity index (χ0v) is 12.6. The molecule has 0 spiro atoms. The summed E-state index contributed by atoms with van der Waals surface area (Å²) in [5, 5.41) is 21.0. The lowest BCUT2D eigenvalue weighted by atomic mass is 9.71. The molecule has 0 saturated heterocycles. The number of nitrogens with zero attached hydrogens (tertiary/aromatic N) is 1. The molecule has 1 aromatic rings. The molecule has 0 aliphatic heterocycles. The van der Waals surface area contributed by atoms with Crippen molar-refractivity contribution in [2.75, 3.05) is 27.7 Å². The van der Waals surface area contributed by atoms with Crippen LogP contribution in [-0.4, -0.2) is 42.9 Å². The smallest absolute Gasteiger partial charge is 0.122 e. The molecule has 1 fully saturated rings. The molecule has 2 rings (SSSR count). The average Bonchev–Trinajstić information content (AvgIpc) is 2.40. The summed E-state index contributed by atoms with van der Waals surface area (Å²) < 4.78 is 5.21. The number of benzene rings is 1. The van der Waals surface area contributed by atoms with E-state index in [9.17, 15) is 10.2 Å². The van der Waals surface area contributed by atoms with Crippen LogP contribution in [0.3, 0.4) is 0 Å². The summed E-state index contributed by atoms with van der Waals surface area (Å²) in [6.07, 6.45) is 3.90. The Morgan fingerprint density at radius 3 is 2.70 bits per heavy atom. The number of ether oxygens (including phenoxy) is 1. The number of aromatic hydroxyl groups is 1. The number of rotatable bonds is 4. The monoisotopic (exact) mass is 279 g/mol. The second-order valence-electron chi connectivity index (χ2n) is 6.05. The van der Waals surface area contributed by atoms with E-state index in [1.165, 1.54) is 0 Å². The Morgan fingerprint density at radius 1 is 1.30 bits per heavy atom. The Morgan fingerprint density at radius 2 is 2.05 bits per heavy atom. The fourth-order valence-corrected chi connectivity index (χ4v) is 3.24. The van der Waals surface area contributed by atoms with Gasteiger partial charge in [-0.3, -0.25) is 0 Å². The van der Waals surface area contributed by atoms with Gasteiger partial charge in [0.25, 0.3) is 0 Å². The molecular weight excluding hydrogens is 254 g/mol. The van der Waals surface area contributed by atoms with Crippen LogP contribution in [0.4, 0.5) is 0 Å². The molecule has 1 aliphatic carbocycles. The second kappa shape index (κ2) is 6.02. The SMILES string of the molecule is COc1cc(O)cc([C@@]2(O)CCCC[C@@H]2CN(C)C)c1. The molecule has 4 nitrogen and oxygen atoms in total. The third-order valence-corrected chi connectivity index (χ3v) is 4.25. The Hall–Kier alpha value is -1.26. The molecule has 2 N–H and O–H groups in total. The van der Waals surface area contributed by atoms with Crippen LogP contribution in [0, 0.1) is 5.92 Å². The number of methoxy groups -OCH3 is 1. The molecule has 0 heterocycles. The Labute approximate surface area is 121 Å². The predicted octanol–water partition coefficient (Wildman–Crippen LogP) is 2.34. The number of phenols is 1. The van der Waals surface area contributed by atoms with E-state index in [1.807, 2.05) is 20.2 Å². The lowest BCUT2D eigenvalue weighted by molar-refractivity contribution is -0.0620. The summed E-state index contributed by atoms with van der Waals surface area (Å²) in [5.41, 5.74) is -0.116. The highest BCUT2D eigenvalue weighted by Gasteiger charge is 2.40. The molecule has 112 valence electrons. The van der Waals surface area contributed by atoms with Gasteiger partial charge in [-0.05, 0) is 44.6 Å². The van der Waals surface area contributed by atoms with Gasteiger partial charge in [-0.2, -0.15) is 0 Å². The molecule has 0 radical (unpaired) electrons. The van der Waals surface area contributed by atoms with Crippen LogP contribution in [0.25, 0.3) is 0 Å². The summed E-state index contributed by atoms with van der Waals surface area (Å²) in [6, 6.07) is 5.07. The highest BCUT2D eigenvalue weighted by atomic mass is 16.5. The molecule has 2 atom stereocenters. The lowest BCUT2D eigenvalue weighted by Crippen LogP contribution is -2.43. The van der Waals surface area contributed by atoms with Gasteiger partial charge >= 0.3 is 0 Å². The molecule has 1 aromatic carbocycles. The average molecular weight is 279 g/mol. The van der Waals surface area contributed by atoms with Crippen LogP contribution in [0.1, 0.15) is 31.2 Å². The van der Waals surface area contributed by atoms with Crippen molar-refractivity contribution in [2.45, 2.75) is 31.3 Å². The van der Waals surface area contributed by atoms with Crippen molar-refractivity contribution in [3.05, 3.63) is 23.8 Å². The molecular formula is C16H25NO3. The van der Waals surface area contributed by atoms with Gasteiger partial charge < -0.3 is 19.8 Å². The van der Waals surface area contributed by atoms with Gasteiger partial charge in [0.2, 0.25) is 0 Å². The highest BCUT2D eigenvalue weighted by Crippen LogP contribution is 2.43. The lowest BCUT2D eigenvalue weighted by Gasteiger charge is -2.41. The fourth-order valence-electron chi connectivity index (χ4n) is 3.24. The van der Waals surface area contributed by atoms with Crippen molar-refractivity contribution in [3.8, 4) is 11.5 Å². The minimum atomic E-state index is -0.880. The first-order valence-electron chi connectivity index (χ1n) is 7.21. The van der Waals surface area contributed by atoms with E-state index >= 15 is 0 Å². The van der Waals surface area contributed by atoms with Crippen molar-refractivity contribution in [1.29, 1.82) is 0 Å². The number of hydrogen-bond donors (Lipinski definition) is 2. The van der Waals surface area contributed by atoms with Gasteiger partial charge in [-0.25, -0.2) is 0 Å². The van der Waals surface area contributed by atoms with E-state index < -0.39 is 5.60 Å². The molecule has 20 heavy (non-hydrogen) atoms. The zero-order valence-electron chi connectivity index (χ0n) is 12.6. The van der Waals surface area contributed by atoms with Gasteiger partial charge in [0.05, 0.1) is 12.7 Å². The number of phenolic OH excluding ortho intramolecular Hbond substituents is 1. The first kappa shape index (κ1) is 15.1. The summed E-state index contributed by atoms with van der Waals surface area (Å²) >= 11 is 0. The summed E-state index contributed by atoms with van der Waals surface area (Å²) in [6.45, 7) is 0.842. The molecule has 0 aromatic heterocycles. The maximum Gasteiger partial charge on any atom is 0.122 e. The number of aliphatic hydroxyl groups is 1. The van der Waals surface area contributed by atoms with E-state index in [4.69, 9.17) is 4.74 Å². The van der Waals surface area contributed by atoms with Crippen molar-refractivity contribution >= 4 is 0 Å². The minimum absolute atomic E-state index is 0.141. The fraction of sp³-hybridized carbons (Fsp3) is 0.625. The topological polar surface area (TPSA) is 52.9 Å². The van der Waals surface area contributed by atoms with Crippen molar-refractivity contribution in [1.82, 2.24) is 4.90 Å². The van der Waals surface area contributed by atoms with E-state index in [1.54, 1.807) is 19.2 Å². The van der Waals surface area contributed by atoms with E-state index in [0.717, 1.165) is 37.8 Å². The molecule has 1 saturated carbocycles. The minimum Gasteiger partial charge on any atom is -0.508 e. The largest absolute Gasteiger partial charge is 0.508 e. The molecule has 4 heteroatoms. The zero-order chi connectivity index (χ0) is 14.8. The third-order valence-electron chi connectivity index (χ3n) is 4.25. The summed E-state index contributed by atoms with van der Waals surface area (Å²) in [5.74, 6) is 0.905. The van der Waals surface area contributed by atoms with E-state index in [2.05, 4.69) is 4.90 Å². The van der Waals surface area contributed by atoms with Crippen LogP contribution >= 0.6 is 0 Å².